The average Bonchev–Trinajstić information content (AvgIpc) is 3.11. The molecule has 3 atom stereocenters. The van der Waals surface area contributed by atoms with Gasteiger partial charge in [0.2, 0.25) is 33.7 Å². The second-order valence-electron chi connectivity index (χ2n) is 12.9. The van der Waals surface area contributed by atoms with E-state index in [4.69, 9.17) is 17.3 Å². The van der Waals surface area contributed by atoms with Crippen LogP contribution in [0.2, 0.25) is 5.02 Å². The van der Waals surface area contributed by atoms with Crippen molar-refractivity contribution in [3.05, 3.63) is 88.7 Å². The number of nitrogens with zero attached hydrogens (tertiary/aromatic N) is 3. The minimum Gasteiger partial charge on any atom is -0.480 e. The Balaban J connectivity index is 1.65. The van der Waals surface area contributed by atoms with Crippen molar-refractivity contribution in [3.63, 3.8) is 0 Å². The molecule has 3 aromatic rings. The van der Waals surface area contributed by atoms with E-state index in [9.17, 15) is 50.7 Å². The van der Waals surface area contributed by atoms with Crippen LogP contribution in [0, 0.1) is 0 Å². The maximum absolute atomic E-state index is 13.7. The standard InChI is InChI=1S/C35H42ClF3N8O8S/c1-46(2)20-29(33(51)42-23-6-4-22(5-7-23)31(40)49)44-32(50)28(18-21-10-14-41-15-11-21)43-30(48)13-17-47(3)16-12-27(34(52)53)45-56(54,55)24-8-9-26(36)25(19-24)35(37,38)39/h4-11,14-15,19,27-29,45H,12-13,16-18,20H2,1-3H3,(H2,40,49)(H,42,51)(H,43,48)(H,44,50)(H,52,53)/t27-,28-,29-/m0/s1. The summed E-state index contributed by atoms with van der Waals surface area (Å²) in [4.78, 5) is 69.7. The number of anilines is 1. The van der Waals surface area contributed by atoms with Crippen LogP contribution < -0.4 is 26.4 Å². The highest BCUT2D eigenvalue weighted by Crippen LogP contribution is 2.36. The molecular weight excluding hydrogens is 785 g/mol. The number of carboxylic acids is 1. The van der Waals surface area contributed by atoms with Gasteiger partial charge in [0, 0.05) is 49.6 Å². The number of carbonyl (C=O) groups excluding carboxylic acids is 4. The first-order chi connectivity index (χ1) is 26.2. The number of pyridine rings is 1. The molecule has 0 saturated carbocycles. The summed E-state index contributed by atoms with van der Waals surface area (Å²) in [5, 5.41) is 17.0. The minimum absolute atomic E-state index is 0.0271. The number of rotatable bonds is 20. The van der Waals surface area contributed by atoms with Crippen molar-refractivity contribution in [3.8, 4) is 0 Å². The predicted molar refractivity (Wildman–Crippen MR) is 199 cm³/mol. The molecule has 0 unspecified atom stereocenters. The number of primary amides is 1. The third kappa shape index (κ3) is 14.2. The summed E-state index contributed by atoms with van der Waals surface area (Å²) in [6, 6.07) is 7.01. The van der Waals surface area contributed by atoms with Gasteiger partial charge >= 0.3 is 12.1 Å². The molecule has 16 nitrogen and oxygen atoms in total. The number of sulfonamides is 1. The molecule has 0 radical (unpaired) electrons. The summed E-state index contributed by atoms with van der Waals surface area (Å²) in [6.07, 6.45) is -2.43. The van der Waals surface area contributed by atoms with Gasteiger partial charge < -0.3 is 36.6 Å². The Kier molecular flexibility index (Phi) is 16.3. The van der Waals surface area contributed by atoms with Crippen LogP contribution >= 0.6 is 11.6 Å². The highest BCUT2D eigenvalue weighted by atomic mass is 35.5. The van der Waals surface area contributed by atoms with Crippen LogP contribution in [0.15, 0.2) is 71.9 Å². The predicted octanol–water partition coefficient (Wildman–Crippen LogP) is 1.71. The van der Waals surface area contributed by atoms with E-state index in [2.05, 4.69) is 20.9 Å². The second-order valence-corrected chi connectivity index (χ2v) is 15.0. The molecule has 0 aliphatic heterocycles. The number of likely N-dealkylation sites (N-methyl/N-ethyl adjacent to an activating group) is 1. The number of carbonyl (C=O) groups is 5. The fourth-order valence-electron chi connectivity index (χ4n) is 5.14. The lowest BCUT2D eigenvalue weighted by Gasteiger charge is -2.25. The Hall–Kier alpha value is -5.15. The number of nitrogens with two attached hydrogens (primary N) is 1. The number of amides is 4. The Labute approximate surface area is 326 Å². The SMILES string of the molecule is CN(C)C[C@H](NC(=O)[C@H](Cc1ccncc1)NC(=O)CCN(C)CC[C@H](NS(=O)(=O)c1ccc(Cl)c(C(F)(F)F)c1)C(=O)O)C(=O)Nc1ccc(C(N)=O)cc1. The molecule has 21 heteroatoms. The van der Waals surface area contributed by atoms with Crippen molar-refractivity contribution in [1.82, 2.24) is 30.1 Å². The molecule has 3 rings (SSSR count). The first-order valence-electron chi connectivity index (χ1n) is 16.8. The summed E-state index contributed by atoms with van der Waals surface area (Å²) in [7, 11) is 0.198. The van der Waals surface area contributed by atoms with Crippen LogP contribution in [0.25, 0.3) is 0 Å². The van der Waals surface area contributed by atoms with Gasteiger partial charge in [0.25, 0.3) is 0 Å². The molecule has 0 spiro atoms. The quantitative estimate of drug-likeness (QED) is 0.0960. The molecular formula is C35H42ClF3N8O8S. The number of aliphatic carboxylic acids is 1. The zero-order valence-electron chi connectivity index (χ0n) is 30.5. The van der Waals surface area contributed by atoms with Crippen LogP contribution in [-0.4, -0.2) is 117 Å². The normalized spacial score (nSPS) is 13.4. The van der Waals surface area contributed by atoms with Gasteiger partial charge in [-0.1, -0.05) is 11.6 Å². The molecule has 2 aromatic carbocycles. The van der Waals surface area contributed by atoms with Crippen molar-refractivity contribution in [1.29, 1.82) is 0 Å². The summed E-state index contributed by atoms with van der Waals surface area (Å²) in [5.41, 5.74) is 5.10. The fraction of sp³-hybridized carbons (Fsp3) is 0.371. The Morgan fingerprint density at radius 2 is 1.54 bits per heavy atom. The fourth-order valence-corrected chi connectivity index (χ4v) is 6.61. The topological polar surface area (TPSA) is 233 Å². The van der Waals surface area contributed by atoms with Gasteiger partial charge in [-0.2, -0.15) is 17.9 Å². The number of halogens is 4. The molecule has 0 bridgehead atoms. The van der Waals surface area contributed by atoms with E-state index in [1.54, 1.807) is 31.1 Å². The third-order valence-electron chi connectivity index (χ3n) is 8.13. The summed E-state index contributed by atoms with van der Waals surface area (Å²) in [5.74, 6) is -4.05. The average molecular weight is 827 g/mol. The van der Waals surface area contributed by atoms with E-state index < -0.39 is 79.4 Å². The van der Waals surface area contributed by atoms with Gasteiger partial charge in [-0.15, -0.1) is 0 Å². The molecule has 56 heavy (non-hydrogen) atoms. The number of hydrogen-bond acceptors (Lipinski definition) is 10. The first-order valence-corrected chi connectivity index (χ1v) is 18.7. The molecule has 0 fully saturated rings. The summed E-state index contributed by atoms with van der Waals surface area (Å²) < 4.78 is 67.4. The van der Waals surface area contributed by atoms with E-state index in [0.29, 0.717) is 17.3 Å². The monoisotopic (exact) mass is 826 g/mol. The van der Waals surface area contributed by atoms with Crippen molar-refractivity contribution in [2.24, 2.45) is 5.73 Å². The summed E-state index contributed by atoms with van der Waals surface area (Å²) in [6.45, 7) is 0.0506. The van der Waals surface area contributed by atoms with Crippen LogP contribution in [-0.2, 0) is 41.8 Å². The van der Waals surface area contributed by atoms with Gasteiger partial charge in [0.15, 0.2) is 0 Å². The van der Waals surface area contributed by atoms with Gasteiger partial charge in [0.1, 0.15) is 18.1 Å². The van der Waals surface area contributed by atoms with E-state index in [1.165, 1.54) is 48.6 Å². The molecule has 4 amide bonds. The lowest BCUT2D eigenvalue weighted by molar-refractivity contribution is -0.139. The van der Waals surface area contributed by atoms with Crippen LogP contribution in [0.4, 0.5) is 18.9 Å². The highest BCUT2D eigenvalue weighted by Gasteiger charge is 2.35. The van der Waals surface area contributed by atoms with Crippen molar-refractivity contribution >= 4 is 56.9 Å². The van der Waals surface area contributed by atoms with Gasteiger partial charge in [0.05, 0.1) is 15.5 Å². The maximum Gasteiger partial charge on any atom is 0.417 e. The van der Waals surface area contributed by atoms with Crippen molar-refractivity contribution in [2.75, 3.05) is 46.1 Å². The van der Waals surface area contributed by atoms with Crippen molar-refractivity contribution in [2.45, 2.75) is 48.5 Å². The zero-order chi connectivity index (χ0) is 41.8. The van der Waals surface area contributed by atoms with E-state index >= 15 is 0 Å². The van der Waals surface area contributed by atoms with Gasteiger partial charge in [-0.25, -0.2) is 8.42 Å². The molecule has 0 aliphatic carbocycles. The van der Waals surface area contributed by atoms with Gasteiger partial charge in [-0.05, 0) is 94.3 Å². The number of benzene rings is 2. The number of alkyl halides is 3. The molecule has 7 N–H and O–H groups in total. The lowest BCUT2D eigenvalue weighted by Crippen LogP contribution is -2.56. The molecule has 1 heterocycles. The number of aromatic nitrogens is 1. The van der Waals surface area contributed by atoms with E-state index in [1.807, 2.05) is 4.72 Å². The third-order valence-corrected chi connectivity index (χ3v) is 9.93. The highest BCUT2D eigenvalue weighted by molar-refractivity contribution is 7.89. The molecule has 1 aromatic heterocycles. The zero-order valence-corrected chi connectivity index (χ0v) is 32.0. The lowest BCUT2D eigenvalue weighted by atomic mass is 10.1. The number of hydrogen-bond donors (Lipinski definition) is 6. The second kappa shape index (κ2) is 20.1. The smallest absolute Gasteiger partial charge is 0.417 e. The van der Waals surface area contributed by atoms with Crippen LogP contribution in [0.5, 0.6) is 0 Å². The molecule has 304 valence electrons. The van der Waals surface area contributed by atoms with E-state index in [-0.39, 0.29) is 44.5 Å². The first kappa shape index (κ1) is 45.2. The Morgan fingerprint density at radius 1 is 0.893 bits per heavy atom. The maximum atomic E-state index is 13.7. The number of nitrogens with one attached hydrogen (secondary N) is 4. The summed E-state index contributed by atoms with van der Waals surface area (Å²) >= 11 is 5.57. The minimum atomic E-state index is -4.96. The van der Waals surface area contributed by atoms with Gasteiger partial charge in [-0.3, -0.25) is 29.0 Å². The largest absolute Gasteiger partial charge is 0.480 e. The van der Waals surface area contributed by atoms with Crippen molar-refractivity contribution < 1.29 is 50.7 Å². The van der Waals surface area contributed by atoms with E-state index in [0.717, 1.165) is 12.1 Å². The van der Waals surface area contributed by atoms with Crippen LogP contribution in [0.1, 0.15) is 34.3 Å². The number of carboxylic acid groups (broad SMARTS) is 1. The van der Waals surface area contributed by atoms with Crippen LogP contribution in [0.3, 0.4) is 0 Å². The Bertz CT molecular complexity index is 1970. The molecule has 0 saturated heterocycles. The Morgan fingerprint density at radius 3 is 2.11 bits per heavy atom. The molecule has 0 aliphatic rings.